The maximum atomic E-state index is 5.55. The normalized spacial score (nSPS) is 10.4. The van der Waals surface area contributed by atoms with Crippen LogP contribution in [-0.2, 0) is 6.54 Å². The van der Waals surface area contributed by atoms with E-state index in [2.05, 4.69) is 9.97 Å². The Morgan fingerprint density at radius 3 is 2.19 bits per heavy atom. The van der Waals surface area contributed by atoms with Crippen molar-refractivity contribution in [2.24, 2.45) is 5.73 Å². The molecule has 16 heavy (non-hydrogen) atoms. The van der Waals surface area contributed by atoms with Crippen LogP contribution in [0, 0.1) is 0 Å². The third-order valence-electron chi connectivity index (χ3n) is 2.33. The molecule has 0 saturated carbocycles. The zero-order valence-corrected chi connectivity index (χ0v) is 9.87. The van der Waals surface area contributed by atoms with Crippen molar-refractivity contribution in [2.45, 2.75) is 11.7 Å². The van der Waals surface area contributed by atoms with Crippen LogP contribution in [-0.4, -0.2) is 16.2 Å². The van der Waals surface area contributed by atoms with E-state index in [1.54, 1.807) is 11.8 Å². The first-order valence-electron chi connectivity index (χ1n) is 4.99. The molecule has 1 aromatic heterocycles. The third-order valence-corrected chi connectivity index (χ3v) is 2.91. The fourth-order valence-corrected chi connectivity index (χ4v) is 1.72. The SMILES string of the molecule is CSc1ncc(-c2ccc(CN)cc2)cn1. The van der Waals surface area contributed by atoms with Gasteiger partial charge in [-0.25, -0.2) is 9.97 Å². The fraction of sp³-hybridized carbons (Fsp3) is 0.167. The summed E-state index contributed by atoms with van der Waals surface area (Å²) in [5.74, 6) is 0. The molecule has 4 heteroatoms. The Hall–Kier alpha value is -1.39. The minimum absolute atomic E-state index is 0.572. The number of hydrogen-bond donors (Lipinski definition) is 1. The number of rotatable bonds is 3. The van der Waals surface area contributed by atoms with Crippen LogP contribution in [0.5, 0.6) is 0 Å². The molecule has 0 aliphatic rings. The van der Waals surface area contributed by atoms with Crippen LogP contribution in [0.1, 0.15) is 5.56 Å². The summed E-state index contributed by atoms with van der Waals surface area (Å²) in [6.07, 6.45) is 5.65. The Kier molecular flexibility index (Phi) is 3.54. The summed E-state index contributed by atoms with van der Waals surface area (Å²) in [6.45, 7) is 0.572. The largest absolute Gasteiger partial charge is 0.326 e. The highest BCUT2D eigenvalue weighted by Crippen LogP contribution is 2.19. The van der Waals surface area contributed by atoms with Gasteiger partial charge in [-0.05, 0) is 17.4 Å². The molecule has 0 unspecified atom stereocenters. The minimum atomic E-state index is 0.572. The van der Waals surface area contributed by atoms with Crippen molar-refractivity contribution in [1.29, 1.82) is 0 Å². The van der Waals surface area contributed by atoms with Crippen LogP contribution in [0.15, 0.2) is 41.8 Å². The maximum Gasteiger partial charge on any atom is 0.187 e. The average molecular weight is 231 g/mol. The molecule has 2 rings (SSSR count). The predicted molar refractivity (Wildman–Crippen MR) is 67.1 cm³/mol. The Labute approximate surface area is 99.1 Å². The van der Waals surface area contributed by atoms with Crippen LogP contribution in [0.3, 0.4) is 0 Å². The van der Waals surface area contributed by atoms with Crippen molar-refractivity contribution in [3.8, 4) is 11.1 Å². The number of aromatic nitrogens is 2. The molecule has 1 heterocycles. The molecule has 0 spiro atoms. The Balaban J connectivity index is 2.28. The first kappa shape index (κ1) is 11.1. The molecule has 0 bridgehead atoms. The first-order chi connectivity index (χ1) is 7.83. The zero-order chi connectivity index (χ0) is 11.4. The second kappa shape index (κ2) is 5.09. The van der Waals surface area contributed by atoms with Crippen molar-refractivity contribution in [3.05, 3.63) is 42.2 Å². The van der Waals surface area contributed by atoms with E-state index >= 15 is 0 Å². The van der Waals surface area contributed by atoms with Gasteiger partial charge in [0.25, 0.3) is 0 Å². The Morgan fingerprint density at radius 2 is 1.69 bits per heavy atom. The van der Waals surface area contributed by atoms with Gasteiger partial charge in [-0.2, -0.15) is 0 Å². The van der Waals surface area contributed by atoms with Crippen LogP contribution in [0.25, 0.3) is 11.1 Å². The van der Waals surface area contributed by atoms with Crippen molar-refractivity contribution in [3.63, 3.8) is 0 Å². The van der Waals surface area contributed by atoms with Gasteiger partial charge in [0.05, 0.1) is 0 Å². The van der Waals surface area contributed by atoms with Gasteiger partial charge in [0.15, 0.2) is 5.16 Å². The molecule has 2 N–H and O–H groups in total. The lowest BCUT2D eigenvalue weighted by Gasteiger charge is -2.02. The lowest BCUT2D eigenvalue weighted by molar-refractivity contribution is 0.973. The number of thioether (sulfide) groups is 1. The molecule has 0 amide bonds. The predicted octanol–water partition coefficient (Wildman–Crippen LogP) is 2.32. The Morgan fingerprint density at radius 1 is 1.06 bits per heavy atom. The van der Waals surface area contributed by atoms with E-state index in [1.165, 1.54) is 0 Å². The van der Waals surface area contributed by atoms with Crippen molar-refractivity contribution >= 4 is 11.8 Å². The van der Waals surface area contributed by atoms with Crippen molar-refractivity contribution < 1.29 is 0 Å². The van der Waals surface area contributed by atoms with Gasteiger partial charge in [-0.1, -0.05) is 36.0 Å². The average Bonchev–Trinajstić information content (AvgIpc) is 2.39. The lowest BCUT2D eigenvalue weighted by Crippen LogP contribution is -1.95. The van der Waals surface area contributed by atoms with Gasteiger partial charge in [0.1, 0.15) is 0 Å². The van der Waals surface area contributed by atoms with E-state index in [9.17, 15) is 0 Å². The van der Waals surface area contributed by atoms with E-state index < -0.39 is 0 Å². The van der Waals surface area contributed by atoms with Crippen LogP contribution < -0.4 is 5.73 Å². The van der Waals surface area contributed by atoms with Gasteiger partial charge >= 0.3 is 0 Å². The quantitative estimate of drug-likeness (QED) is 0.650. The number of hydrogen-bond acceptors (Lipinski definition) is 4. The first-order valence-corrected chi connectivity index (χ1v) is 6.21. The van der Waals surface area contributed by atoms with E-state index in [-0.39, 0.29) is 0 Å². The molecule has 0 atom stereocenters. The molecule has 3 nitrogen and oxygen atoms in total. The molecular formula is C12H13N3S. The lowest BCUT2D eigenvalue weighted by atomic mass is 10.1. The highest BCUT2D eigenvalue weighted by molar-refractivity contribution is 7.98. The van der Waals surface area contributed by atoms with E-state index in [0.717, 1.165) is 21.8 Å². The molecule has 2 aromatic rings. The van der Waals surface area contributed by atoms with Crippen LogP contribution in [0.2, 0.25) is 0 Å². The second-order valence-corrected chi connectivity index (χ2v) is 4.13. The molecular weight excluding hydrogens is 218 g/mol. The highest BCUT2D eigenvalue weighted by atomic mass is 32.2. The van der Waals surface area contributed by atoms with Crippen LogP contribution in [0.4, 0.5) is 0 Å². The van der Waals surface area contributed by atoms with Crippen molar-refractivity contribution in [1.82, 2.24) is 9.97 Å². The maximum absolute atomic E-state index is 5.55. The molecule has 0 aliphatic carbocycles. The zero-order valence-electron chi connectivity index (χ0n) is 9.05. The fourth-order valence-electron chi connectivity index (χ4n) is 1.40. The van der Waals surface area contributed by atoms with Gasteiger partial charge in [0.2, 0.25) is 0 Å². The molecule has 0 saturated heterocycles. The van der Waals surface area contributed by atoms with Gasteiger partial charge in [-0.15, -0.1) is 0 Å². The number of nitrogens with two attached hydrogens (primary N) is 1. The minimum Gasteiger partial charge on any atom is -0.326 e. The summed E-state index contributed by atoms with van der Waals surface area (Å²) in [6, 6.07) is 8.13. The molecule has 1 aromatic carbocycles. The van der Waals surface area contributed by atoms with E-state index in [4.69, 9.17) is 5.73 Å². The topological polar surface area (TPSA) is 51.8 Å². The Bertz CT molecular complexity index is 405. The highest BCUT2D eigenvalue weighted by Gasteiger charge is 1.99. The molecule has 0 aliphatic heterocycles. The summed E-state index contributed by atoms with van der Waals surface area (Å²) in [5.41, 5.74) is 8.82. The van der Waals surface area contributed by atoms with Crippen LogP contribution >= 0.6 is 11.8 Å². The molecule has 0 fully saturated rings. The summed E-state index contributed by atoms with van der Waals surface area (Å²) < 4.78 is 0. The second-order valence-electron chi connectivity index (χ2n) is 3.36. The summed E-state index contributed by atoms with van der Waals surface area (Å²) in [5, 5.41) is 0.794. The summed E-state index contributed by atoms with van der Waals surface area (Å²) in [7, 11) is 0. The summed E-state index contributed by atoms with van der Waals surface area (Å²) >= 11 is 1.54. The monoisotopic (exact) mass is 231 g/mol. The number of nitrogens with zero attached hydrogens (tertiary/aromatic N) is 2. The molecule has 82 valence electrons. The van der Waals surface area contributed by atoms with Gasteiger partial charge in [0, 0.05) is 24.5 Å². The van der Waals surface area contributed by atoms with E-state index in [0.29, 0.717) is 6.54 Å². The summed E-state index contributed by atoms with van der Waals surface area (Å²) in [4.78, 5) is 8.49. The van der Waals surface area contributed by atoms with Crippen molar-refractivity contribution in [2.75, 3.05) is 6.26 Å². The standard InChI is InChI=1S/C12H13N3S/c1-16-12-14-7-11(8-15-12)10-4-2-9(6-13)3-5-10/h2-5,7-8H,6,13H2,1H3. The van der Waals surface area contributed by atoms with E-state index in [1.807, 2.05) is 42.9 Å². The van der Waals surface area contributed by atoms with Gasteiger partial charge in [-0.3, -0.25) is 0 Å². The third kappa shape index (κ3) is 2.40. The molecule has 0 radical (unpaired) electrons. The number of benzene rings is 1. The smallest absolute Gasteiger partial charge is 0.187 e. The van der Waals surface area contributed by atoms with Gasteiger partial charge < -0.3 is 5.73 Å².